The molecule has 1 aromatic heterocycles. The van der Waals surface area contributed by atoms with Gasteiger partial charge >= 0.3 is 0 Å². The van der Waals surface area contributed by atoms with Crippen LogP contribution in [0, 0.1) is 6.92 Å². The van der Waals surface area contributed by atoms with Crippen LogP contribution in [-0.2, 0) is 6.42 Å². The molecule has 28 heavy (non-hydrogen) atoms. The summed E-state index contributed by atoms with van der Waals surface area (Å²) in [5, 5.41) is 3.34. The zero-order valence-electron chi connectivity index (χ0n) is 15.3. The maximum atomic E-state index is 13.0. The maximum Gasteiger partial charge on any atom is 0.274 e. The van der Waals surface area contributed by atoms with Crippen molar-refractivity contribution in [1.29, 1.82) is 0 Å². The van der Waals surface area contributed by atoms with Gasteiger partial charge in [-0.25, -0.2) is 0 Å². The van der Waals surface area contributed by atoms with Gasteiger partial charge in [0.2, 0.25) is 0 Å². The molecule has 140 valence electrons. The maximum absolute atomic E-state index is 13.0. The van der Waals surface area contributed by atoms with E-state index in [9.17, 15) is 9.59 Å². The molecule has 3 aromatic rings. The average Bonchev–Trinajstić information content (AvgIpc) is 3.14. The van der Waals surface area contributed by atoms with Gasteiger partial charge in [-0.3, -0.25) is 14.6 Å². The van der Waals surface area contributed by atoms with E-state index in [1.54, 1.807) is 23.1 Å². The normalized spacial score (nSPS) is 12.6. The van der Waals surface area contributed by atoms with Gasteiger partial charge in [0, 0.05) is 34.7 Å². The van der Waals surface area contributed by atoms with Crippen LogP contribution in [0.25, 0.3) is 0 Å². The molecule has 0 radical (unpaired) electrons. The number of anilines is 2. The van der Waals surface area contributed by atoms with Crippen LogP contribution < -0.4 is 10.2 Å². The number of carbonyl (C=O) groups is 2. The second kappa shape index (κ2) is 7.44. The molecule has 0 bridgehead atoms. The number of pyridine rings is 1. The summed E-state index contributed by atoms with van der Waals surface area (Å²) in [6, 6.07) is 16.3. The first-order chi connectivity index (χ1) is 13.5. The first kappa shape index (κ1) is 18.2. The average molecular weight is 392 g/mol. The second-order valence-electron chi connectivity index (χ2n) is 6.68. The van der Waals surface area contributed by atoms with E-state index in [-0.39, 0.29) is 17.5 Å². The van der Waals surface area contributed by atoms with E-state index in [0.29, 0.717) is 22.8 Å². The number of benzene rings is 2. The van der Waals surface area contributed by atoms with Crippen molar-refractivity contribution in [2.75, 3.05) is 16.8 Å². The summed E-state index contributed by atoms with van der Waals surface area (Å²) in [4.78, 5) is 31.5. The van der Waals surface area contributed by atoms with Crippen LogP contribution in [0.1, 0.15) is 32.0 Å². The number of para-hydroxylation sites is 1. The number of halogens is 1. The Balaban J connectivity index is 1.57. The van der Waals surface area contributed by atoms with Crippen molar-refractivity contribution in [3.63, 3.8) is 0 Å². The Morgan fingerprint density at radius 2 is 1.93 bits per heavy atom. The molecule has 0 atom stereocenters. The van der Waals surface area contributed by atoms with E-state index in [2.05, 4.69) is 10.3 Å². The number of carbonyl (C=O) groups excluding carboxylic acids is 2. The quantitative estimate of drug-likeness (QED) is 0.715. The standard InChI is InChI=1S/C22H18ClN3O2/c1-14-6-7-17(23)13-18(14)25-21(27)19-12-16(8-10-24-19)22(28)26-11-9-15-4-2-3-5-20(15)26/h2-8,10,12-13H,9,11H2,1H3,(H,25,27). The molecule has 5 nitrogen and oxygen atoms in total. The molecule has 0 saturated carbocycles. The Kier molecular flexibility index (Phi) is 4.84. The highest BCUT2D eigenvalue weighted by Crippen LogP contribution is 2.29. The van der Waals surface area contributed by atoms with Gasteiger partial charge < -0.3 is 10.2 Å². The number of hydrogen-bond acceptors (Lipinski definition) is 3. The fourth-order valence-corrected chi connectivity index (χ4v) is 3.48. The Bertz CT molecular complexity index is 1080. The van der Waals surface area contributed by atoms with Crippen LogP contribution in [-0.4, -0.2) is 23.3 Å². The summed E-state index contributed by atoms with van der Waals surface area (Å²) in [5.74, 6) is -0.526. The van der Waals surface area contributed by atoms with Crippen molar-refractivity contribution in [2.45, 2.75) is 13.3 Å². The molecule has 0 fully saturated rings. The third kappa shape index (κ3) is 3.49. The third-order valence-corrected chi connectivity index (χ3v) is 5.05. The topological polar surface area (TPSA) is 62.3 Å². The summed E-state index contributed by atoms with van der Waals surface area (Å²) in [6.45, 7) is 2.51. The van der Waals surface area contributed by atoms with E-state index < -0.39 is 0 Å². The molecule has 2 heterocycles. The lowest BCUT2D eigenvalue weighted by molar-refractivity contribution is 0.0989. The summed E-state index contributed by atoms with van der Waals surface area (Å²) in [7, 11) is 0. The number of aryl methyl sites for hydroxylation is 1. The van der Waals surface area contributed by atoms with Crippen LogP contribution in [0.15, 0.2) is 60.8 Å². The van der Waals surface area contributed by atoms with Crippen LogP contribution in [0.5, 0.6) is 0 Å². The van der Waals surface area contributed by atoms with Crippen LogP contribution in [0.4, 0.5) is 11.4 Å². The lowest BCUT2D eigenvalue weighted by Gasteiger charge is -2.17. The van der Waals surface area contributed by atoms with Crippen LogP contribution in [0.3, 0.4) is 0 Å². The highest BCUT2D eigenvalue weighted by Gasteiger charge is 2.25. The van der Waals surface area contributed by atoms with Crippen molar-refractivity contribution in [2.24, 2.45) is 0 Å². The van der Waals surface area contributed by atoms with Gasteiger partial charge in [-0.2, -0.15) is 0 Å². The molecule has 0 aliphatic carbocycles. The van der Waals surface area contributed by atoms with Gasteiger partial charge in [0.05, 0.1) is 0 Å². The lowest BCUT2D eigenvalue weighted by atomic mass is 10.1. The number of aromatic nitrogens is 1. The van der Waals surface area contributed by atoms with Gasteiger partial charge in [-0.15, -0.1) is 0 Å². The molecule has 1 aliphatic rings. The SMILES string of the molecule is Cc1ccc(Cl)cc1NC(=O)c1cc(C(=O)N2CCc3ccccc32)ccn1. The summed E-state index contributed by atoms with van der Waals surface area (Å²) in [5.41, 5.74) is 4.18. The summed E-state index contributed by atoms with van der Waals surface area (Å²) in [6.07, 6.45) is 2.31. The Hall–Kier alpha value is -3.18. The predicted octanol–water partition coefficient (Wildman–Crippen LogP) is 4.50. The molecular formula is C22H18ClN3O2. The number of amides is 2. The third-order valence-electron chi connectivity index (χ3n) is 4.82. The van der Waals surface area contributed by atoms with Crippen molar-refractivity contribution in [1.82, 2.24) is 4.98 Å². The van der Waals surface area contributed by atoms with E-state index in [4.69, 9.17) is 11.6 Å². The first-order valence-electron chi connectivity index (χ1n) is 8.96. The van der Waals surface area contributed by atoms with E-state index >= 15 is 0 Å². The monoisotopic (exact) mass is 391 g/mol. The molecule has 4 rings (SSSR count). The number of hydrogen-bond donors (Lipinski definition) is 1. The second-order valence-corrected chi connectivity index (χ2v) is 7.12. The van der Waals surface area contributed by atoms with E-state index in [0.717, 1.165) is 23.2 Å². The van der Waals surface area contributed by atoms with Crippen molar-refractivity contribution in [3.05, 3.63) is 88.2 Å². The Labute approximate surface area is 168 Å². The molecule has 2 aromatic carbocycles. The molecule has 0 spiro atoms. The molecule has 1 N–H and O–H groups in total. The minimum atomic E-state index is -0.387. The number of fused-ring (bicyclic) bond motifs is 1. The summed E-state index contributed by atoms with van der Waals surface area (Å²) >= 11 is 6.01. The predicted molar refractivity (Wildman–Crippen MR) is 110 cm³/mol. The fourth-order valence-electron chi connectivity index (χ4n) is 3.31. The van der Waals surface area contributed by atoms with Gasteiger partial charge in [0.15, 0.2) is 0 Å². The van der Waals surface area contributed by atoms with Crippen LogP contribution in [0.2, 0.25) is 5.02 Å². The molecule has 0 saturated heterocycles. The molecule has 6 heteroatoms. The van der Waals surface area contributed by atoms with Crippen molar-refractivity contribution < 1.29 is 9.59 Å². The van der Waals surface area contributed by atoms with Crippen LogP contribution >= 0.6 is 11.6 Å². The molecule has 2 amide bonds. The Morgan fingerprint density at radius 3 is 2.79 bits per heavy atom. The highest BCUT2D eigenvalue weighted by atomic mass is 35.5. The number of rotatable bonds is 3. The lowest BCUT2D eigenvalue weighted by Crippen LogP contribution is -2.29. The Morgan fingerprint density at radius 1 is 1.11 bits per heavy atom. The zero-order valence-corrected chi connectivity index (χ0v) is 16.0. The minimum Gasteiger partial charge on any atom is -0.320 e. The largest absolute Gasteiger partial charge is 0.320 e. The van der Waals surface area contributed by atoms with Crippen molar-refractivity contribution >= 4 is 34.8 Å². The first-order valence-corrected chi connectivity index (χ1v) is 9.34. The van der Waals surface area contributed by atoms with Crippen molar-refractivity contribution in [3.8, 4) is 0 Å². The minimum absolute atomic E-state index is 0.139. The number of nitrogens with zero attached hydrogens (tertiary/aromatic N) is 2. The zero-order chi connectivity index (χ0) is 19.7. The molecule has 0 unspecified atom stereocenters. The fraction of sp³-hybridized carbons (Fsp3) is 0.136. The van der Waals surface area contributed by atoms with Gasteiger partial charge in [0.25, 0.3) is 11.8 Å². The van der Waals surface area contributed by atoms with E-state index in [1.165, 1.54) is 12.3 Å². The molecule has 1 aliphatic heterocycles. The highest BCUT2D eigenvalue weighted by molar-refractivity contribution is 6.31. The van der Waals surface area contributed by atoms with Gasteiger partial charge in [0.1, 0.15) is 5.69 Å². The number of nitrogens with one attached hydrogen (secondary N) is 1. The summed E-state index contributed by atoms with van der Waals surface area (Å²) < 4.78 is 0. The molecular weight excluding hydrogens is 374 g/mol. The van der Waals surface area contributed by atoms with Gasteiger partial charge in [-0.1, -0.05) is 35.9 Å². The van der Waals surface area contributed by atoms with Gasteiger partial charge in [-0.05, 0) is 54.8 Å². The smallest absolute Gasteiger partial charge is 0.274 e. The van der Waals surface area contributed by atoms with E-state index in [1.807, 2.05) is 37.3 Å².